The zero-order chi connectivity index (χ0) is 35.7. The van der Waals surface area contributed by atoms with Crippen molar-refractivity contribution in [2.45, 2.75) is 161 Å². The van der Waals surface area contributed by atoms with E-state index < -0.39 is 18.1 Å². The molecule has 0 radical (unpaired) electrons. The Labute approximate surface area is 293 Å². The van der Waals surface area contributed by atoms with Gasteiger partial charge in [0.1, 0.15) is 6.61 Å². The lowest BCUT2D eigenvalue weighted by molar-refractivity contribution is -0.887. The molecule has 8 heteroatoms. The number of carboxylic acid groups (broad SMARTS) is 1. The second-order valence-electron chi connectivity index (χ2n) is 13.8. The molecule has 0 aromatic carbocycles. The zero-order valence-corrected chi connectivity index (χ0v) is 31.4. The molecule has 0 heterocycles. The molecule has 1 N–H and O–H groups in total. The van der Waals surface area contributed by atoms with Crippen LogP contribution in [0.4, 0.5) is 0 Å². The Bertz CT molecular complexity index is 891. The lowest BCUT2D eigenvalue weighted by Crippen LogP contribution is -2.50. The minimum Gasteiger partial charge on any atom is -0.477 e. The smallest absolute Gasteiger partial charge is 0.362 e. The molecule has 0 spiro atoms. The molecule has 0 aromatic heterocycles. The van der Waals surface area contributed by atoms with E-state index in [0.29, 0.717) is 19.3 Å². The number of hydrogen-bond acceptors (Lipinski definition) is 6. The van der Waals surface area contributed by atoms with E-state index in [2.05, 4.69) is 44.2 Å². The second kappa shape index (κ2) is 31.8. The highest BCUT2D eigenvalue weighted by molar-refractivity contribution is 5.72. The first kappa shape index (κ1) is 45.6. The maximum absolute atomic E-state index is 12.6. The van der Waals surface area contributed by atoms with Crippen LogP contribution in [0.2, 0.25) is 0 Å². The first-order valence-electron chi connectivity index (χ1n) is 19.0. The van der Waals surface area contributed by atoms with Gasteiger partial charge < -0.3 is 23.8 Å². The summed E-state index contributed by atoms with van der Waals surface area (Å²) in [6.07, 6.45) is 33.5. The van der Waals surface area contributed by atoms with E-state index in [1.54, 1.807) is 0 Å². The van der Waals surface area contributed by atoms with Gasteiger partial charge in [-0.05, 0) is 57.8 Å². The first-order valence-corrected chi connectivity index (χ1v) is 19.0. The SMILES string of the molecule is CCCCC/C=C/C/C=C/CCCCCCCCCC(=O)OC(COCCC(C(=O)O)[N+](C)(C)C)COC(=O)CC/C=C/CCCCC. The molecule has 2 atom stereocenters. The van der Waals surface area contributed by atoms with Gasteiger partial charge in [-0.15, -0.1) is 0 Å². The topological polar surface area (TPSA) is 99.1 Å². The number of rotatable bonds is 33. The zero-order valence-electron chi connectivity index (χ0n) is 31.4. The van der Waals surface area contributed by atoms with Crippen LogP contribution in [-0.2, 0) is 28.6 Å². The minimum absolute atomic E-state index is 0.0464. The fourth-order valence-electron chi connectivity index (χ4n) is 5.25. The summed E-state index contributed by atoms with van der Waals surface area (Å²) in [7, 11) is 5.50. The number of carbonyl (C=O) groups excluding carboxylic acids is 2. The van der Waals surface area contributed by atoms with Gasteiger partial charge >= 0.3 is 17.9 Å². The number of carboxylic acids is 1. The predicted octanol–water partition coefficient (Wildman–Crippen LogP) is 9.52. The highest BCUT2D eigenvalue weighted by atomic mass is 16.6. The number of esters is 2. The van der Waals surface area contributed by atoms with Crippen LogP contribution in [-0.4, -0.2) is 80.6 Å². The third-order valence-corrected chi connectivity index (χ3v) is 8.28. The van der Waals surface area contributed by atoms with Gasteiger partial charge in [0.25, 0.3) is 0 Å². The Morgan fingerprint density at radius 3 is 1.71 bits per heavy atom. The molecular formula is C40H72NO7+. The van der Waals surface area contributed by atoms with Crippen LogP contribution in [0.3, 0.4) is 0 Å². The van der Waals surface area contributed by atoms with Crippen molar-refractivity contribution < 1.29 is 38.2 Å². The third kappa shape index (κ3) is 29.7. The molecule has 0 aromatic rings. The van der Waals surface area contributed by atoms with Crippen molar-refractivity contribution in [3.8, 4) is 0 Å². The van der Waals surface area contributed by atoms with E-state index in [9.17, 15) is 19.5 Å². The van der Waals surface area contributed by atoms with E-state index in [0.717, 1.165) is 44.9 Å². The number of hydrogen-bond donors (Lipinski definition) is 1. The van der Waals surface area contributed by atoms with Crippen molar-refractivity contribution in [2.24, 2.45) is 0 Å². The van der Waals surface area contributed by atoms with E-state index in [-0.39, 0.29) is 42.7 Å². The predicted molar refractivity (Wildman–Crippen MR) is 197 cm³/mol. The van der Waals surface area contributed by atoms with Crippen LogP contribution in [0.25, 0.3) is 0 Å². The molecule has 2 unspecified atom stereocenters. The Hall–Kier alpha value is -2.45. The Morgan fingerprint density at radius 1 is 0.625 bits per heavy atom. The summed E-state index contributed by atoms with van der Waals surface area (Å²) in [6, 6.07) is -0.618. The second-order valence-corrected chi connectivity index (χ2v) is 13.8. The maximum atomic E-state index is 12.6. The van der Waals surface area contributed by atoms with E-state index in [4.69, 9.17) is 14.2 Å². The lowest BCUT2D eigenvalue weighted by atomic mass is 10.1. The molecule has 0 aliphatic carbocycles. The summed E-state index contributed by atoms with van der Waals surface area (Å²) in [5.74, 6) is -1.55. The highest BCUT2D eigenvalue weighted by Crippen LogP contribution is 2.13. The fourth-order valence-corrected chi connectivity index (χ4v) is 5.25. The largest absolute Gasteiger partial charge is 0.477 e. The maximum Gasteiger partial charge on any atom is 0.362 e. The van der Waals surface area contributed by atoms with Crippen molar-refractivity contribution in [1.29, 1.82) is 0 Å². The van der Waals surface area contributed by atoms with Gasteiger partial charge in [-0.1, -0.05) is 108 Å². The van der Waals surface area contributed by atoms with Gasteiger partial charge in [-0.3, -0.25) is 9.59 Å². The molecule has 0 saturated carbocycles. The van der Waals surface area contributed by atoms with Gasteiger partial charge in [0.2, 0.25) is 0 Å². The van der Waals surface area contributed by atoms with E-state index >= 15 is 0 Å². The van der Waals surface area contributed by atoms with Crippen molar-refractivity contribution >= 4 is 17.9 Å². The van der Waals surface area contributed by atoms with Crippen molar-refractivity contribution in [3.05, 3.63) is 36.5 Å². The fraction of sp³-hybridized carbons (Fsp3) is 0.775. The van der Waals surface area contributed by atoms with Gasteiger partial charge in [0, 0.05) is 19.3 Å². The van der Waals surface area contributed by atoms with Gasteiger partial charge in [-0.25, -0.2) is 4.79 Å². The van der Waals surface area contributed by atoms with Crippen LogP contribution < -0.4 is 0 Å². The quantitative estimate of drug-likeness (QED) is 0.0319. The average molecular weight is 679 g/mol. The number of quaternary nitrogens is 1. The van der Waals surface area contributed by atoms with Crippen LogP contribution in [0.5, 0.6) is 0 Å². The summed E-state index contributed by atoms with van der Waals surface area (Å²) in [6.45, 7) is 4.58. The number of unbranched alkanes of at least 4 members (excludes halogenated alkanes) is 13. The third-order valence-electron chi connectivity index (χ3n) is 8.28. The summed E-state index contributed by atoms with van der Waals surface area (Å²) >= 11 is 0. The number of carbonyl (C=O) groups is 3. The van der Waals surface area contributed by atoms with E-state index in [1.165, 1.54) is 64.2 Å². The molecular weight excluding hydrogens is 606 g/mol. The molecule has 0 saturated heterocycles. The lowest BCUT2D eigenvalue weighted by Gasteiger charge is -2.31. The molecule has 0 aliphatic rings. The number of allylic oxidation sites excluding steroid dienone is 6. The van der Waals surface area contributed by atoms with E-state index in [1.807, 2.05) is 27.2 Å². The summed E-state index contributed by atoms with van der Waals surface area (Å²) < 4.78 is 17.1. The Kier molecular flexibility index (Phi) is 30.2. The standard InChI is InChI=1S/C40H71NO7/c1-6-8-10-12-14-15-16-17-18-19-20-21-22-23-25-27-29-31-39(43)48-36(34-46-33-32-37(40(44)45)41(3,4)5)35-47-38(42)30-28-26-24-13-11-9-7-2/h14-15,17-18,24,26,36-37H,6-13,16,19-23,25,27-35H2,1-5H3/p+1/b15-14+,18-17+,26-24+. The van der Waals surface area contributed by atoms with Crippen molar-refractivity contribution in [2.75, 3.05) is 41.0 Å². The molecule has 0 amide bonds. The minimum atomic E-state index is -0.883. The molecule has 0 aliphatic heterocycles. The van der Waals surface area contributed by atoms with Crippen LogP contribution in [0.15, 0.2) is 36.5 Å². The number of aliphatic carboxylic acids is 1. The van der Waals surface area contributed by atoms with Crippen molar-refractivity contribution in [1.82, 2.24) is 0 Å². The summed E-state index contributed by atoms with van der Waals surface area (Å²) in [5, 5.41) is 9.56. The molecule has 8 nitrogen and oxygen atoms in total. The molecule has 0 rings (SSSR count). The summed E-state index contributed by atoms with van der Waals surface area (Å²) in [4.78, 5) is 36.6. The van der Waals surface area contributed by atoms with Crippen LogP contribution in [0.1, 0.15) is 149 Å². The average Bonchev–Trinajstić information content (AvgIpc) is 3.03. The number of likely N-dealkylation sites (N-methyl/N-ethyl adjacent to an activating group) is 1. The monoisotopic (exact) mass is 679 g/mol. The molecule has 0 bridgehead atoms. The van der Waals surface area contributed by atoms with Gasteiger partial charge in [0.15, 0.2) is 12.1 Å². The number of ether oxygens (including phenoxy) is 3. The summed E-state index contributed by atoms with van der Waals surface area (Å²) in [5.41, 5.74) is 0. The Morgan fingerprint density at radius 2 is 1.15 bits per heavy atom. The van der Waals surface area contributed by atoms with Crippen LogP contribution in [0, 0.1) is 0 Å². The Balaban J connectivity index is 4.38. The highest BCUT2D eigenvalue weighted by Gasteiger charge is 2.31. The normalized spacial score (nSPS) is 13.4. The molecule has 0 fully saturated rings. The van der Waals surface area contributed by atoms with Crippen molar-refractivity contribution in [3.63, 3.8) is 0 Å². The number of nitrogens with zero attached hydrogens (tertiary/aromatic N) is 1. The molecule has 48 heavy (non-hydrogen) atoms. The van der Waals surface area contributed by atoms with Crippen LogP contribution >= 0.6 is 0 Å². The van der Waals surface area contributed by atoms with Gasteiger partial charge in [0.05, 0.1) is 34.4 Å². The first-order chi connectivity index (χ1) is 23.1. The van der Waals surface area contributed by atoms with Gasteiger partial charge in [-0.2, -0.15) is 0 Å². The molecule has 278 valence electrons.